The molecule has 4 nitrogen and oxygen atoms in total. The Morgan fingerprint density at radius 3 is 2.62 bits per heavy atom. The molecule has 0 saturated heterocycles. The summed E-state index contributed by atoms with van der Waals surface area (Å²) in [5.41, 5.74) is 4.33. The number of amides is 1. The summed E-state index contributed by atoms with van der Waals surface area (Å²) in [5.74, 6) is 0.396. The molecule has 0 aliphatic carbocycles. The summed E-state index contributed by atoms with van der Waals surface area (Å²) in [6.07, 6.45) is 1.70. The van der Waals surface area contributed by atoms with Crippen LogP contribution in [0.15, 0.2) is 48.7 Å². The quantitative estimate of drug-likeness (QED) is 0.791. The highest BCUT2D eigenvalue weighted by molar-refractivity contribution is 5.98. The van der Waals surface area contributed by atoms with Crippen LogP contribution in [0.5, 0.6) is 0 Å². The van der Waals surface area contributed by atoms with Crippen molar-refractivity contribution >= 4 is 16.9 Å². The fraction of sp³-hybridized carbons (Fsp3) is 0.250. The molecule has 0 aliphatic heterocycles. The van der Waals surface area contributed by atoms with Gasteiger partial charge in [-0.05, 0) is 42.2 Å². The first-order chi connectivity index (χ1) is 11.5. The molecule has 4 heteroatoms. The molecule has 3 aromatic rings. The Hall–Kier alpha value is -2.75. The lowest BCUT2D eigenvalue weighted by Gasteiger charge is -2.10. The molecule has 0 atom stereocenters. The zero-order valence-electron chi connectivity index (χ0n) is 14.2. The summed E-state index contributed by atoms with van der Waals surface area (Å²) in [6, 6.07) is 14.0. The zero-order valence-corrected chi connectivity index (χ0v) is 14.2. The lowest BCUT2D eigenvalue weighted by Crippen LogP contribution is -2.24. The number of carbonyl (C=O) groups is 1. The van der Waals surface area contributed by atoms with E-state index < -0.39 is 0 Å². The molecule has 0 aliphatic rings. The molecular weight excluding hydrogens is 298 g/mol. The van der Waals surface area contributed by atoms with E-state index in [1.165, 1.54) is 5.56 Å². The molecule has 0 bridgehead atoms. The number of rotatable bonds is 4. The van der Waals surface area contributed by atoms with Gasteiger partial charge in [-0.25, -0.2) is 9.97 Å². The van der Waals surface area contributed by atoms with Crippen LogP contribution in [0, 0.1) is 6.92 Å². The SMILES string of the molecule is Cc1nc2ncccc2cc1C(=O)NCc1ccc(C(C)C)cc1. The van der Waals surface area contributed by atoms with Gasteiger partial charge < -0.3 is 5.32 Å². The van der Waals surface area contributed by atoms with E-state index >= 15 is 0 Å². The van der Waals surface area contributed by atoms with Crippen molar-refractivity contribution in [3.05, 3.63) is 71.0 Å². The lowest BCUT2D eigenvalue weighted by atomic mass is 10.0. The number of hydrogen-bond donors (Lipinski definition) is 1. The van der Waals surface area contributed by atoms with Crippen LogP contribution < -0.4 is 5.32 Å². The fourth-order valence-corrected chi connectivity index (χ4v) is 2.62. The molecule has 0 spiro atoms. The second-order valence-corrected chi connectivity index (χ2v) is 6.25. The van der Waals surface area contributed by atoms with Crippen LogP contribution >= 0.6 is 0 Å². The Labute approximate surface area is 142 Å². The molecule has 24 heavy (non-hydrogen) atoms. The number of benzene rings is 1. The molecule has 1 amide bonds. The number of aryl methyl sites for hydroxylation is 1. The average molecular weight is 319 g/mol. The van der Waals surface area contributed by atoms with E-state index in [0.29, 0.717) is 29.4 Å². The van der Waals surface area contributed by atoms with Crippen molar-refractivity contribution in [2.45, 2.75) is 33.2 Å². The van der Waals surface area contributed by atoms with Gasteiger partial charge in [-0.3, -0.25) is 4.79 Å². The smallest absolute Gasteiger partial charge is 0.253 e. The molecule has 0 fully saturated rings. The van der Waals surface area contributed by atoms with Gasteiger partial charge in [0.15, 0.2) is 5.65 Å². The van der Waals surface area contributed by atoms with Crippen molar-refractivity contribution in [1.29, 1.82) is 0 Å². The molecular formula is C20H21N3O. The number of carbonyl (C=O) groups excluding carboxylic acids is 1. The highest BCUT2D eigenvalue weighted by Gasteiger charge is 2.12. The van der Waals surface area contributed by atoms with E-state index in [-0.39, 0.29) is 5.91 Å². The van der Waals surface area contributed by atoms with E-state index in [4.69, 9.17) is 0 Å². The van der Waals surface area contributed by atoms with Crippen molar-refractivity contribution in [2.75, 3.05) is 0 Å². The predicted octanol–water partition coefficient (Wildman–Crippen LogP) is 3.99. The van der Waals surface area contributed by atoms with E-state index in [2.05, 4.69) is 53.4 Å². The highest BCUT2D eigenvalue weighted by Crippen LogP contribution is 2.16. The molecule has 3 rings (SSSR count). The second-order valence-electron chi connectivity index (χ2n) is 6.25. The summed E-state index contributed by atoms with van der Waals surface area (Å²) in [5, 5.41) is 3.84. The van der Waals surface area contributed by atoms with Crippen LogP contribution in [0.4, 0.5) is 0 Å². The van der Waals surface area contributed by atoms with Gasteiger partial charge in [0.1, 0.15) is 0 Å². The minimum Gasteiger partial charge on any atom is -0.348 e. The topological polar surface area (TPSA) is 54.9 Å². The molecule has 0 unspecified atom stereocenters. The van der Waals surface area contributed by atoms with E-state index in [9.17, 15) is 4.79 Å². The number of pyridine rings is 2. The lowest BCUT2D eigenvalue weighted by molar-refractivity contribution is 0.0950. The second kappa shape index (κ2) is 6.79. The number of fused-ring (bicyclic) bond motifs is 1. The van der Waals surface area contributed by atoms with Gasteiger partial charge in [0.2, 0.25) is 0 Å². The van der Waals surface area contributed by atoms with Gasteiger partial charge in [0.25, 0.3) is 5.91 Å². The monoisotopic (exact) mass is 319 g/mol. The molecule has 2 heterocycles. The normalized spacial score (nSPS) is 11.0. The Morgan fingerprint density at radius 2 is 1.92 bits per heavy atom. The first-order valence-corrected chi connectivity index (χ1v) is 8.14. The van der Waals surface area contributed by atoms with Crippen LogP contribution in [0.2, 0.25) is 0 Å². The van der Waals surface area contributed by atoms with Crippen molar-refractivity contribution in [3.8, 4) is 0 Å². The standard InChI is InChI=1S/C20H21N3O/c1-13(2)16-8-6-15(7-9-16)12-22-20(24)18-11-17-5-4-10-21-19(17)23-14(18)3/h4-11,13H,12H2,1-3H3,(H,22,24). The zero-order chi connectivity index (χ0) is 17.1. The average Bonchev–Trinajstić information content (AvgIpc) is 2.59. The van der Waals surface area contributed by atoms with Crippen molar-refractivity contribution < 1.29 is 4.79 Å². The van der Waals surface area contributed by atoms with E-state index in [1.807, 2.05) is 25.1 Å². The van der Waals surface area contributed by atoms with Crippen molar-refractivity contribution in [2.24, 2.45) is 0 Å². The molecule has 1 N–H and O–H groups in total. The van der Waals surface area contributed by atoms with E-state index in [0.717, 1.165) is 10.9 Å². The van der Waals surface area contributed by atoms with Crippen LogP contribution in [0.1, 0.15) is 46.9 Å². The van der Waals surface area contributed by atoms with Gasteiger partial charge in [-0.1, -0.05) is 38.1 Å². The number of aromatic nitrogens is 2. The minimum atomic E-state index is -0.112. The van der Waals surface area contributed by atoms with E-state index in [1.54, 1.807) is 6.20 Å². The van der Waals surface area contributed by atoms with Crippen LogP contribution in [-0.4, -0.2) is 15.9 Å². The number of nitrogens with zero attached hydrogens (tertiary/aromatic N) is 2. The summed E-state index contributed by atoms with van der Waals surface area (Å²) < 4.78 is 0. The van der Waals surface area contributed by atoms with Crippen molar-refractivity contribution in [1.82, 2.24) is 15.3 Å². The van der Waals surface area contributed by atoms with Crippen molar-refractivity contribution in [3.63, 3.8) is 0 Å². The third-order valence-electron chi connectivity index (χ3n) is 4.12. The molecule has 1 aromatic carbocycles. The maximum Gasteiger partial charge on any atom is 0.253 e. The Morgan fingerprint density at radius 1 is 1.17 bits per heavy atom. The Balaban J connectivity index is 1.74. The largest absolute Gasteiger partial charge is 0.348 e. The van der Waals surface area contributed by atoms with Crippen LogP contribution in [0.3, 0.4) is 0 Å². The Kier molecular flexibility index (Phi) is 4.56. The first-order valence-electron chi connectivity index (χ1n) is 8.14. The third-order valence-corrected chi connectivity index (χ3v) is 4.12. The summed E-state index contributed by atoms with van der Waals surface area (Å²) in [7, 11) is 0. The molecule has 0 radical (unpaired) electrons. The number of hydrogen-bond acceptors (Lipinski definition) is 3. The fourth-order valence-electron chi connectivity index (χ4n) is 2.62. The molecule has 122 valence electrons. The predicted molar refractivity (Wildman–Crippen MR) is 96.0 cm³/mol. The Bertz CT molecular complexity index is 870. The minimum absolute atomic E-state index is 0.112. The van der Waals surface area contributed by atoms with Gasteiger partial charge >= 0.3 is 0 Å². The first kappa shape index (κ1) is 16.1. The molecule has 2 aromatic heterocycles. The maximum absolute atomic E-state index is 12.5. The van der Waals surface area contributed by atoms with Crippen LogP contribution in [-0.2, 0) is 6.54 Å². The highest BCUT2D eigenvalue weighted by atomic mass is 16.1. The van der Waals surface area contributed by atoms with Gasteiger partial charge in [0.05, 0.1) is 11.3 Å². The summed E-state index contributed by atoms with van der Waals surface area (Å²) in [4.78, 5) is 21.1. The van der Waals surface area contributed by atoms with Gasteiger partial charge in [-0.2, -0.15) is 0 Å². The summed E-state index contributed by atoms with van der Waals surface area (Å²) in [6.45, 7) is 6.67. The van der Waals surface area contributed by atoms with Gasteiger partial charge in [-0.15, -0.1) is 0 Å². The molecule has 0 saturated carbocycles. The third kappa shape index (κ3) is 3.43. The maximum atomic E-state index is 12.5. The van der Waals surface area contributed by atoms with Crippen LogP contribution in [0.25, 0.3) is 11.0 Å². The number of nitrogens with one attached hydrogen (secondary N) is 1. The van der Waals surface area contributed by atoms with Gasteiger partial charge in [0, 0.05) is 18.1 Å². The summed E-state index contributed by atoms with van der Waals surface area (Å²) >= 11 is 0.